The molecule has 3 rings (SSSR count). The number of rotatable bonds is 11. The number of carbonyl (C=O) groups excluding carboxylic acids is 1. The molecular weight excluding hydrogens is 486 g/mol. The number of hydrogen-bond acceptors (Lipinski definition) is 5. The van der Waals surface area contributed by atoms with Crippen molar-refractivity contribution in [3.8, 4) is 6.07 Å². The summed E-state index contributed by atoms with van der Waals surface area (Å²) in [7, 11) is 0. The SMILES string of the molecule is C=C(NCCCCNC(=O)Nc1cc(C(=C)N2CCC(c3ccc(C#N)cc3)CC2)ccc1C)OC(C)(C)C. The van der Waals surface area contributed by atoms with E-state index in [4.69, 9.17) is 10.00 Å². The summed E-state index contributed by atoms with van der Waals surface area (Å²) in [4.78, 5) is 14.9. The molecule has 0 unspecified atom stereocenters. The lowest BCUT2D eigenvalue weighted by Crippen LogP contribution is -2.32. The van der Waals surface area contributed by atoms with Gasteiger partial charge in [-0.15, -0.1) is 0 Å². The summed E-state index contributed by atoms with van der Waals surface area (Å²) in [6.45, 7) is 19.4. The average molecular weight is 530 g/mol. The summed E-state index contributed by atoms with van der Waals surface area (Å²) in [5.41, 5.74) is 5.50. The highest BCUT2D eigenvalue weighted by Crippen LogP contribution is 2.32. The molecule has 1 aliphatic heterocycles. The second kappa shape index (κ2) is 13.7. The van der Waals surface area contributed by atoms with Crippen LogP contribution < -0.4 is 16.0 Å². The molecule has 1 heterocycles. The van der Waals surface area contributed by atoms with Crippen LogP contribution in [0.2, 0.25) is 0 Å². The summed E-state index contributed by atoms with van der Waals surface area (Å²) in [6, 6.07) is 16.0. The van der Waals surface area contributed by atoms with Crippen LogP contribution in [0.25, 0.3) is 5.70 Å². The van der Waals surface area contributed by atoms with Crippen molar-refractivity contribution < 1.29 is 9.53 Å². The highest BCUT2D eigenvalue weighted by atomic mass is 16.5. The molecule has 1 aliphatic rings. The van der Waals surface area contributed by atoms with Crippen LogP contribution in [0.3, 0.4) is 0 Å². The van der Waals surface area contributed by atoms with E-state index in [1.807, 2.05) is 52.0 Å². The number of anilines is 1. The normalized spacial score (nSPS) is 13.8. The molecule has 7 heteroatoms. The fraction of sp³-hybridized carbons (Fsp3) is 0.438. The molecule has 39 heavy (non-hydrogen) atoms. The molecule has 2 aromatic carbocycles. The molecule has 0 bridgehead atoms. The number of nitriles is 1. The van der Waals surface area contributed by atoms with Crippen LogP contribution in [0.1, 0.15) is 74.6 Å². The monoisotopic (exact) mass is 529 g/mol. The largest absolute Gasteiger partial charge is 0.474 e. The second-order valence-electron chi connectivity index (χ2n) is 11.1. The zero-order valence-electron chi connectivity index (χ0n) is 23.9. The van der Waals surface area contributed by atoms with Crippen molar-refractivity contribution in [3.63, 3.8) is 0 Å². The lowest BCUT2D eigenvalue weighted by molar-refractivity contribution is 0.0415. The number of hydrogen-bond donors (Lipinski definition) is 3. The number of carbonyl (C=O) groups is 1. The second-order valence-corrected chi connectivity index (χ2v) is 11.1. The van der Waals surface area contributed by atoms with E-state index in [1.54, 1.807) is 0 Å². The molecule has 7 nitrogen and oxygen atoms in total. The zero-order chi connectivity index (χ0) is 28.4. The highest BCUT2D eigenvalue weighted by molar-refractivity contribution is 5.90. The first-order valence-corrected chi connectivity index (χ1v) is 13.8. The van der Waals surface area contributed by atoms with E-state index in [-0.39, 0.29) is 11.6 Å². The Balaban J connectivity index is 1.43. The first kappa shape index (κ1) is 29.6. The predicted molar refractivity (Wildman–Crippen MR) is 159 cm³/mol. The van der Waals surface area contributed by atoms with Gasteiger partial charge in [-0.05, 0) is 101 Å². The van der Waals surface area contributed by atoms with Crippen LogP contribution in [0.15, 0.2) is 61.5 Å². The lowest BCUT2D eigenvalue weighted by Gasteiger charge is -2.35. The molecular formula is C32H43N5O2. The summed E-state index contributed by atoms with van der Waals surface area (Å²) in [5.74, 6) is 1.06. The standard InChI is InChI=1S/C32H43N5O2/c1-23-9-12-29(24(2)37-19-15-28(16-20-37)27-13-10-26(22-33)11-14-27)21-30(23)36-31(38)35-18-8-7-17-34-25(3)39-32(4,5)6/h9-14,21,28,34H,2-3,7-8,15-20H2,1,4-6H3,(H2,35,36,38). The van der Waals surface area contributed by atoms with E-state index >= 15 is 0 Å². The maximum absolute atomic E-state index is 12.5. The van der Waals surface area contributed by atoms with Gasteiger partial charge in [0, 0.05) is 37.6 Å². The predicted octanol–water partition coefficient (Wildman–Crippen LogP) is 6.49. The topological polar surface area (TPSA) is 89.4 Å². The molecule has 0 aromatic heterocycles. The highest BCUT2D eigenvalue weighted by Gasteiger charge is 2.22. The van der Waals surface area contributed by atoms with Crippen molar-refractivity contribution in [2.24, 2.45) is 0 Å². The number of aryl methyl sites for hydroxylation is 1. The Morgan fingerprint density at radius 2 is 1.69 bits per heavy atom. The van der Waals surface area contributed by atoms with Gasteiger partial charge in [-0.1, -0.05) is 30.8 Å². The van der Waals surface area contributed by atoms with Crippen molar-refractivity contribution in [2.75, 3.05) is 31.5 Å². The Labute approximate surface area is 233 Å². The van der Waals surface area contributed by atoms with Crippen LogP contribution in [0.4, 0.5) is 10.5 Å². The van der Waals surface area contributed by atoms with Gasteiger partial charge in [0.05, 0.1) is 11.6 Å². The van der Waals surface area contributed by atoms with E-state index < -0.39 is 0 Å². The molecule has 2 amide bonds. The van der Waals surface area contributed by atoms with Crippen LogP contribution in [0.5, 0.6) is 0 Å². The Bertz CT molecular complexity index is 1180. The Morgan fingerprint density at radius 1 is 1.05 bits per heavy atom. The van der Waals surface area contributed by atoms with Crippen LogP contribution in [-0.4, -0.2) is 42.7 Å². The van der Waals surface area contributed by atoms with E-state index in [1.165, 1.54) is 5.56 Å². The zero-order valence-corrected chi connectivity index (χ0v) is 23.9. The average Bonchev–Trinajstić information content (AvgIpc) is 2.90. The number of piperidine rings is 1. The number of urea groups is 1. The van der Waals surface area contributed by atoms with Gasteiger partial charge in [-0.2, -0.15) is 5.26 Å². The first-order valence-electron chi connectivity index (χ1n) is 13.8. The van der Waals surface area contributed by atoms with Gasteiger partial charge in [-0.25, -0.2) is 4.79 Å². The smallest absolute Gasteiger partial charge is 0.319 e. The van der Waals surface area contributed by atoms with Crippen LogP contribution in [0, 0.1) is 18.3 Å². The van der Waals surface area contributed by atoms with Gasteiger partial charge in [0.2, 0.25) is 0 Å². The lowest BCUT2D eigenvalue weighted by atomic mass is 9.88. The maximum Gasteiger partial charge on any atom is 0.319 e. The molecule has 0 radical (unpaired) electrons. The van der Waals surface area contributed by atoms with Crippen LogP contribution >= 0.6 is 0 Å². The van der Waals surface area contributed by atoms with Crippen molar-refractivity contribution >= 4 is 17.4 Å². The van der Waals surface area contributed by atoms with Crippen LogP contribution in [-0.2, 0) is 4.74 Å². The van der Waals surface area contributed by atoms with Crippen molar-refractivity contribution in [3.05, 3.63) is 83.8 Å². The third-order valence-corrected chi connectivity index (χ3v) is 6.85. The minimum absolute atomic E-state index is 0.211. The maximum atomic E-state index is 12.5. The summed E-state index contributed by atoms with van der Waals surface area (Å²) in [6.07, 6.45) is 3.82. The number of ether oxygens (including phenoxy) is 1. The van der Waals surface area contributed by atoms with Gasteiger partial charge >= 0.3 is 6.03 Å². The van der Waals surface area contributed by atoms with Gasteiger partial charge in [0.1, 0.15) is 5.60 Å². The third kappa shape index (κ3) is 9.40. The molecule has 0 aliphatic carbocycles. The number of likely N-dealkylation sites (tertiary alicyclic amines) is 1. The molecule has 0 atom stereocenters. The van der Waals surface area contributed by atoms with Crippen molar-refractivity contribution in [1.82, 2.24) is 15.5 Å². The summed E-state index contributed by atoms with van der Waals surface area (Å²) >= 11 is 0. The molecule has 1 fully saturated rings. The number of unbranched alkanes of at least 4 members (excludes halogenated alkanes) is 1. The molecule has 3 N–H and O–H groups in total. The Hall–Kier alpha value is -3.92. The van der Waals surface area contributed by atoms with Gasteiger partial charge in [-0.3, -0.25) is 0 Å². The number of nitrogens with zero attached hydrogens (tertiary/aromatic N) is 2. The number of amides is 2. The Morgan fingerprint density at radius 3 is 2.31 bits per heavy atom. The third-order valence-electron chi connectivity index (χ3n) is 6.85. The van der Waals surface area contributed by atoms with E-state index in [9.17, 15) is 4.79 Å². The fourth-order valence-electron chi connectivity index (χ4n) is 4.68. The fourth-order valence-corrected chi connectivity index (χ4v) is 4.68. The van der Waals surface area contributed by atoms with Gasteiger partial charge < -0.3 is 25.6 Å². The minimum atomic E-state index is -0.268. The molecule has 1 saturated heterocycles. The van der Waals surface area contributed by atoms with E-state index in [2.05, 4.69) is 58.3 Å². The summed E-state index contributed by atoms with van der Waals surface area (Å²) in [5, 5.41) is 18.1. The molecule has 208 valence electrons. The van der Waals surface area contributed by atoms with Gasteiger partial charge in [0.15, 0.2) is 5.88 Å². The van der Waals surface area contributed by atoms with Crippen molar-refractivity contribution in [2.45, 2.75) is 64.9 Å². The number of nitrogens with one attached hydrogen (secondary N) is 3. The van der Waals surface area contributed by atoms with Gasteiger partial charge in [0.25, 0.3) is 0 Å². The van der Waals surface area contributed by atoms with Crippen molar-refractivity contribution in [1.29, 1.82) is 5.26 Å². The van der Waals surface area contributed by atoms with E-state index in [0.717, 1.165) is 67.8 Å². The molecule has 0 spiro atoms. The molecule has 0 saturated carbocycles. The first-order chi connectivity index (χ1) is 18.6. The quantitative estimate of drug-likeness (QED) is 0.229. The summed E-state index contributed by atoms with van der Waals surface area (Å²) < 4.78 is 5.65. The minimum Gasteiger partial charge on any atom is -0.474 e. The number of benzene rings is 2. The molecule has 2 aromatic rings. The Kier molecular flexibility index (Phi) is 10.4. The van der Waals surface area contributed by atoms with E-state index in [0.29, 0.717) is 23.9 Å².